The third-order valence-corrected chi connectivity index (χ3v) is 5.18. The van der Waals surface area contributed by atoms with Gasteiger partial charge in [-0.1, -0.05) is 34.1 Å². The first kappa shape index (κ1) is 14.8. The number of ether oxygens (including phenoxy) is 1. The molecule has 0 aliphatic carbocycles. The minimum Gasteiger partial charge on any atom is -0.493 e. The van der Waals surface area contributed by atoms with Crippen LogP contribution in [0.5, 0.6) is 5.75 Å². The minimum atomic E-state index is 0.0985. The Morgan fingerprint density at radius 3 is 2.90 bits per heavy atom. The Morgan fingerprint density at radius 1 is 1.29 bits per heavy atom. The Hall–Kier alpha value is -1.13. The first-order valence-electron chi connectivity index (χ1n) is 6.78. The van der Waals surface area contributed by atoms with Gasteiger partial charge in [-0.15, -0.1) is 0 Å². The van der Waals surface area contributed by atoms with Gasteiger partial charge in [0.15, 0.2) is 5.78 Å². The second-order valence-electron chi connectivity index (χ2n) is 5.19. The van der Waals surface area contributed by atoms with Crippen molar-refractivity contribution in [3.63, 3.8) is 0 Å². The predicted molar refractivity (Wildman–Crippen MR) is 90.3 cm³/mol. The monoisotopic (exact) mass is 408 g/mol. The standard InChI is InChI=1S/C17H14Br2O2/c1-10-3-2-4-14(16(10)19)15(20)9-12-8-13(18)7-11-5-6-21-17(11)12/h2-4,7-8H,5-6,9H2,1H3. The van der Waals surface area contributed by atoms with E-state index in [0.717, 1.165) is 37.8 Å². The zero-order valence-electron chi connectivity index (χ0n) is 11.6. The molecule has 0 bridgehead atoms. The van der Waals surface area contributed by atoms with Crippen LogP contribution in [-0.2, 0) is 12.8 Å². The number of hydrogen-bond donors (Lipinski definition) is 0. The Kier molecular flexibility index (Phi) is 4.18. The number of hydrogen-bond acceptors (Lipinski definition) is 2. The maximum Gasteiger partial charge on any atom is 0.168 e. The number of aryl methyl sites for hydroxylation is 1. The molecule has 0 saturated heterocycles. The van der Waals surface area contributed by atoms with Gasteiger partial charge in [-0.3, -0.25) is 4.79 Å². The van der Waals surface area contributed by atoms with Gasteiger partial charge in [0.2, 0.25) is 0 Å². The van der Waals surface area contributed by atoms with E-state index >= 15 is 0 Å². The van der Waals surface area contributed by atoms with Crippen molar-refractivity contribution >= 4 is 37.6 Å². The van der Waals surface area contributed by atoms with Crippen LogP contribution in [-0.4, -0.2) is 12.4 Å². The van der Waals surface area contributed by atoms with Crippen LogP contribution in [0.3, 0.4) is 0 Å². The van der Waals surface area contributed by atoms with Crippen LogP contribution >= 0.6 is 31.9 Å². The van der Waals surface area contributed by atoms with E-state index in [-0.39, 0.29) is 5.78 Å². The van der Waals surface area contributed by atoms with Crippen molar-refractivity contribution in [2.45, 2.75) is 19.8 Å². The summed E-state index contributed by atoms with van der Waals surface area (Å²) < 4.78 is 7.57. The third-order valence-electron chi connectivity index (χ3n) is 3.67. The van der Waals surface area contributed by atoms with E-state index < -0.39 is 0 Å². The Balaban J connectivity index is 1.94. The SMILES string of the molecule is Cc1cccc(C(=O)Cc2cc(Br)cc3c2OCC3)c1Br. The molecule has 0 N–H and O–H groups in total. The second-order valence-corrected chi connectivity index (χ2v) is 6.90. The van der Waals surface area contributed by atoms with Gasteiger partial charge in [0, 0.05) is 32.9 Å². The molecule has 2 aromatic carbocycles. The van der Waals surface area contributed by atoms with Gasteiger partial charge in [0.1, 0.15) is 5.75 Å². The molecule has 0 atom stereocenters. The Labute approximate surface area is 140 Å². The van der Waals surface area contributed by atoms with Gasteiger partial charge < -0.3 is 4.74 Å². The number of ketones is 1. The molecule has 0 unspecified atom stereocenters. The fourth-order valence-corrected chi connectivity index (χ4v) is 3.65. The normalized spacial score (nSPS) is 12.9. The molecule has 1 heterocycles. The summed E-state index contributed by atoms with van der Waals surface area (Å²) in [6, 6.07) is 9.80. The van der Waals surface area contributed by atoms with E-state index in [1.165, 1.54) is 5.56 Å². The molecule has 2 nitrogen and oxygen atoms in total. The summed E-state index contributed by atoms with van der Waals surface area (Å²) in [5.41, 5.74) is 3.92. The van der Waals surface area contributed by atoms with Crippen LogP contribution in [0.2, 0.25) is 0 Å². The van der Waals surface area contributed by atoms with Crippen LogP contribution in [0.1, 0.15) is 27.0 Å². The van der Waals surface area contributed by atoms with E-state index in [9.17, 15) is 4.79 Å². The molecular weight excluding hydrogens is 396 g/mol. The molecule has 0 aromatic heterocycles. The van der Waals surface area contributed by atoms with Crippen molar-refractivity contribution in [2.24, 2.45) is 0 Å². The topological polar surface area (TPSA) is 26.3 Å². The molecular formula is C17H14Br2O2. The van der Waals surface area contributed by atoms with Crippen molar-refractivity contribution < 1.29 is 9.53 Å². The summed E-state index contributed by atoms with van der Waals surface area (Å²) in [5.74, 6) is 0.983. The first-order chi connectivity index (χ1) is 10.1. The molecule has 1 aliphatic heterocycles. The highest BCUT2D eigenvalue weighted by Gasteiger charge is 2.20. The highest BCUT2D eigenvalue weighted by molar-refractivity contribution is 9.10. The van der Waals surface area contributed by atoms with Crippen molar-refractivity contribution in [2.75, 3.05) is 6.61 Å². The number of fused-ring (bicyclic) bond motifs is 1. The molecule has 0 spiro atoms. The van der Waals surface area contributed by atoms with Crippen LogP contribution in [0.25, 0.3) is 0 Å². The van der Waals surface area contributed by atoms with E-state index in [0.29, 0.717) is 13.0 Å². The average Bonchev–Trinajstić information content (AvgIpc) is 2.90. The lowest BCUT2D eigenvalue weighted by Crippen LogP contribution is -2.06. The van der Waals surface area contributed by atoms with E-state index in [4.69, 9.17) is 4.74 Å². The largest absolute Gasteiger partial charge is 0.493 e. The molecule has 3 rings (SSSR count). The van der Waals surface area contributed by atoms with Gasteiger partial charge in [0.05, 0.1) is 6.61 Å². The maximum atomic E-state index is 12.6. The van der Waals surface area contributed by atoms with Gasteiger partial charge in [0.25, 0.3) is 0 Å². The van der Waals surface area contributed by atoms with Gasteiger partial charge in [-0.05, 0) is 46.1 Å². The summed E-state index contributed by atoms with van der Waals surface area (Å²) in [6.45, 7) is 2.68. The number of rotatable bonds is 3. The second kappa shape index (κ2) is 5.93. The zero-order chi connectivity index (χ0) is 15.0. The van der Waals surface area contributed by atoms with E-state index in [1.807, 2.05) is 31.2 Å². The Morgan fingerprint density at radius 2 is 2.10 bits per heavy atom. The lowest BCUT2D eigenvalue weighted by atomic mass is 9.99. The quantitative estimate of drug-likeness (QED) is 0.675. The zero-order valence-corrected chi connectivity index (χ0v) is 14.8. The number of carbonyl (C=O) groups excluding carboxylic acids is 1. The van der Waals surface area contributed by atoms with Gasteiger partial charge in [-0.25, -0.2) is 0 Å². The van der Waals surface area contributed by atoms with Gasteiger partial charge >= 0.3 is 0 Å². The van der Waals surface area contributed by atoms with Gasteiger partial charge in [-0.2, -0.15) is 0 Å². The van der Waals surface area contributed by atoms with Crippen LogP contribution in [0.15, 0.2) is 39.3 Å². The summed E-state index contributed by atoms with van der Waals surface area (Å²) in [4.78, 5) is 12.6. The van der Waals surface area contributed by atoms with Crippen LogP contribution in [0, 0.1) is 6.92 Å². The molecule has 0 fully saturated rings. The van der Waals surface area contributed by atoms with E-state index in [2.05, 4.69) is 37.9 Å². The predicted octanol–water partition coefficient (Wildman–Crippen LogP) is 4.88. The lowest BCUT2D eigenvalue weighted by Gasteiger charge is -2.10. The lowest BCUT2D eigenvalue weighted by molar-refractivity contribution is 0.0991. The van der Waals surface area contributed by atoms with Crippen LogP contribution in [0.4, 0.5) is 0 Å². The molecule has 1 aliphatic rings. The van der Waals surface area contributed by atoms with Crippen molar-refractivity contribution in [3.8, 4) is 5.75 Å². The average molecular weight is 410 g/mol. The molecule has 0 saturated carbocycles. The summed E-state index contributed by atoms with van der Waals surface area (Å²) in [5, 5.41) is 0. The van der Waals surface area contributed by atoms with Crippen molar-refractivity contribution in [1.29, 1.82) is 0 Å². The fraction of sp³-hybridized carbons (Fsp3) is 0.235. The summed E-state index contributed by atoms with van der Waals surface area (Å²) in [7, 11) is 0. The van der Waals surface area contributed by atoms with Crippen LogP contribution < -0.4 is 4.74 Å². The molecule has 21 heavy (non-hydrogen) atoms. The third kappa shape index (κ3) is 2.92. The minimum absolute atomic E-state index is 0.0985. The highest BCUT2D eigenvalue weighted by Crippen LogP contribution is 2.34. The maximum absolute atomic E-state index is 12.6. The highest BCUT2D eigenvalue weighted by atomic mass is 79.9. The number of benzene rings is 2. The fourth-order valence-electron chi connectivity index (χ4n) is 2.61. The molecule has 0 amide bonds. The number of halogens is 2. The van der Waals surface area contributed by atoms with E-state index in [1.54, 1.807) is 0 Å². The summed E-state index contributed by atoms with van der Waals surface area (Å²) in [6.07, 6.45) is 1.26. The Bertz CT molecular complexity index is 723. The first-order valence-corrected chi connectivity index (χ1v) is 8.37. The summed E-state index contributed by atoms with van der Waals surface area (Å²) >= 11 is 7.02. The molecule has 108 valence electrons. The number of Topliss-reactive ketones (excluding diaryl/α,β-unsaturated/α-hetero) is 1. The molecule has 4 heteroatoms. The van der Waals surface area contributed by atoms with Crippen molar-refractivity contribution in [1.82, 2.24) is 0 Å². The number of carbonyl (C=O) groups is 1. The molecule has 2 aromatic rings. The van der Waals surface area contributed by atoms with Crippen molar-refractivity contribution in [3.05, 3.63) is 61.5 Å². The smallest absolute Gasteiger partial charge is 0.168 e. The molecule has 0 radical (unpaired) electrons.